The molecule has 0 aliphatic carbocycles. The molecule has 0 aliphatic heterocycles. The molecule has 0 radical (unpaired) electrons. The van der Waals surface area contributed by atoms with E-state index in [1.54, 1.807) is 0 Å². The molecule has 0 saturated carbocycles. The first kappa shape index (κ1) is 13.5. The maximum atomic E-state index is 11.9. The van der Waals surface area contributed by atoms with Gasteiger partial charge in [-0.25, -0.2) is 0 Å². The van der Waals surface area contributed by atoms with Gasteiger partial charge in [-0.05, 0) is 18.9 Å². The highest BCUT2D eigenvalue weighted by Crippen LogP contribution is 2.25. The molecule has 2 unspecified atom stereocenters. The predicted octanol–water partition coefficient (Wildman–Crippen LogP) is 3.55. The third kappa shape index (κ3) is 4.12. The average Bonchev–Trinajstić information content (AvgIpc) is 2.27. The summed E-state index contributed by atoms with van der Waals surface area (Å²) in [4.78, 5) is 11.9. The van der Waals surface area contributed by atoms with E-state index in [0.29, 0.717) is 10.5 Å². The summed E-state index contributed by atoms with van der Waals surface area (Å²) >= 11 is 2.34. The summed E-state index contributed by atoms with van der Waals surface area (Å²) in [7, 11) is 0. The van der Waals surface area contributed by atoms with Crippen LogP contribution in [0.5, 0.6) is 0 Å². The number of carbonyl (C=O) groups is 1. The number of rotatable bonds is 5. The number of hydrogen-bond acceptors (Lipinski definition) is 2. The van der Waals surface area contributed by atoms with E-state index in [1.165, 1.54) is 0 Å². The molecule has 16 heavy (non-hydrogen) atoms. The van der Waals surface area contributed by atoms with Gasteiger partial charge >= 0.3 is 5.97 Å². The third-order valence-electron chi connectivity index (χ3n) is 2.33. The summed E-state index contributed by atoms with van der Waals surface area (Å²) in [6, 6.07) is 9.85. The number of carbonyl (C=O) groups excluding carboxylic acids is 1. The van der Waals surface area contributed by atoms with Crippen molar-refractivity contribution in [3.05, 3.63) is 35.9 Å². The van der Waals surface area contributed by atoms with Gasteiger partial charge in [-0.1, -0.05) is 59.8 Å². The molecule has 0 fully saturated rings. The lowest BCUT2D eigenvalue weighted by molar-refractivity contribution is -0.145. The van der Waals surface area contributed by atoms with Crippen molar-refractivity contribution in [3.63, 3.8) is 0 Å². The fraction of sp³-hybridized carbons (Fsp3) is 0.462. The summed E-state index contributed by atoms with van der Waals surface area (Å²) in [5.74, 6) is -0.245. The highest BCUT2D eigenvalue weighted by atomic mass is 127. The Balaban J connectivity index is 2.83. The Morgan fingerprint density at radius 2 is 2.00 bits per heavy atom. The zero-order chi connectivity index (χ0) is 12.0. The van der Waals surface area contributed by atoms with E-state index < -0.39 is 0 Å². The zero-order valence-electron chi connectivity index (χ0n) is 9.65. The maximum Gasteiger partial charge on any atom is 0.313 e. The minimum atomic E-state index is -0.131. The van der Waals surface area contributed by atoms with Crippen LogP contribution in [0.3, 0.4) is 0 Å². The summed E-state index contributed by atoms with van der Waals surface area (Å²) < 4.78 is 5.57. The molecular formula is C13H17IO2. The van der Waals surface area contributed by atoms with Gasteiger partial charge in [0.05, 0.1) is 12.5 Å². The number of esters is 1. The predicted molar refractivity (Wildman–Crippen MR) is 73.9 cm³/mol. The van der Waals surface area contributed by atoms with Gasteiger partial charge in [0.15, 0.2) is 0 Å². The number of ether oxygens (including phenoxy) is 1. The first-order chi connectivity index (χ1) is 7.65. The normalized spacial score (nSPS) is 14.2. The molecule has 0 saturated heterocycles. The van der Waals surface area contributed by atoms with Crippen molar-refractivity contribution in [1.82, 2.24) is 0 Å². The third-order valence-corrected chi connectivity index (χ3v) is 2.84. The molecule has 1 aromatic rings. The van der Waals surface area contributed by atoms with Gasteiger partial charge in [-0.15, -0.1) is 0 Å². The Bertz CT molecular complexity index is 322. The van der Waals surface area contributed by atoms with Gasteiger partial charge in [0, 0.05) is 3.92 Å². The lowest BCUT2D eigenvalue weighted by Crippen LogP contribution is -2.18. The van der Waals surface area contributed by atoms with Gasteiger partial charge in [0.2, 0.25) is 0 Å². The number of halogens is 1. The molecule has 88 valence electrons. The highest BCUT2D eigenvalue weighted by molar-refractivity contribution is 14.1. The molecule has 3 heteroatoms. The van der Waals surface area contributed by atoms with Gasteiger partial charge < -0.3 is 4.74 Å². The van der Waals surface area contributed by atoms with E-state index in [0.717, 1.165) is 12.0 Å². The highest BCUT2D eigenvalue weighted by Gasteiger charge is 2.23. The van der Waals surface area contributed by atoms with E-state index in [1.807, 2.05) is 37.3 Å². The van der Waals surface area contributed by atoms with Crippen LogP contribution in [0, 0.1) is 0 Å². The Hall–Kier alpha value is -0.580. The Morgan fingerprint density at radius 1 is 1.38 bits per heavy atom. The molecule has 2 atom stereocenters. The molecule has 0 spiro atoms. The van der Waals surface area contributed by atoms with Crippen molar-refractivity contribution in [2.45, 2.75) is 30.1 Å². The van der Waals surface area contributed by atoms with Crippen molar-refractivity contribution in [1.29, 1.82) is 0 Å². The lowest BCUT2D eigenvalue weighted by atomic mass is 9.95. The summed E-state index contributed by atoms with van der Waals surface area (Å²) in [6.45, 7) is 4.39. The molecule has 1 aromatic carbocycles. The fourth-order valence-electron chi connectivity index (χ4n) is 1.62. The average molecular weight is 332 g/mol. The number of benzene rings is 1. The van der Waals surface area contributed by atoms with Crippen LogP contribution in [-0.2, 0) is 9.53 Å². The van der Waals surface area contributed by atoms with E-state index in [9.17, 15) is 4.79 Å². The van der Waals surface area contributed by atoms with Crippen LogP contribution in [-0.4, -0.2) is 16.5 Å². The van der Waals surface area contributed by atoms with Crippen LogP contribution in [0.15, 0.2) is 30.3 Å². The molecule has 0 amide bonds. The Kier molecular flexibility index (Phi) is 5.80. The van der Waals surface area contributed by atoms with Crippen molar-refractivity contribution < 1.29 is 9.53 Å². The van der Waals surface area contributed by atoms with Crippen LogP contribution >= 0.6 is 22.6 Å². The molecular weight excluding hydrogens is 315 g/mol. The minimum absolute atomic E-state index is 0.114. The van der Waals surface area contributed by atoms with Gasteiger partial charge in [-0.3, -0.25) is 4.79 Å². The Morgan fingerprint density at radius 3 is 2.50 bits per heavy atom. The summed E-state index contributed by atoms with van der Waals surface area (Å²) in [5, 5.41) is 0. The molecule has 0 N–H and O–H groups in total. The van der Waals surface area contributed by atoms with E-state index >= 15 is 0 Å². The van der Waals surface area contributed by atoms with Crippen LogP contribution in [0.4, 0.5) is 0 Å². The minimum Gasteiger partial charge on any atom is -0.466 e. The van der Waals surface area contributed by atoms with Crippen LogP contribution in [0.1, 0.15) is 31.7 Å². The molecule has 0 aliphatic rings. The Labute approximate surface area is 111 Å². The van der Waals surface area contributed by atoms with Crippen molar-refractivity contribution in [3.8, 4) is 0 Å². The number of alkyl halides is 1. The van der Waals surface area contributed by atoms with Crippen molar-refractivity contribution >= 4 is 28.6 Å². The second-order valence-electron chi connectivity index (χ2n) is 3.73. The second-order valence-corrected chi connectivity index (χ2v) is 5.86. The van der Waals surface area contributed by atoms with E-state index in [2.05, 4.69) is 29.5 Å². The molecule has 2 nitrogen and oxygen atoms in total. The maximum absolute atomic E-state index is 11.9. The van der Waals surface area contributed by atoms with E-state index in [-0.39, 0.29) is 11.9 Å². The molecule has 0 bridgehead atoms. The summed E-state index contributed by atoms with van der Waals surface area (Å²) in [6.07, 6.45) is 0.823. The first-order valence-corrected chi connectivity index (χ1v) is 6.75. The lowest BCUT2D eigenvalue weighted by Gasteiger charge is -2.17. The van der Waals surface area contributed by atoms with Crippen LogP contribution in [0.2, 0.25) is 0 Å². The zero-order valence-corrected chi connectivity index (χ0v) is 11.8. The van der Waals surface area contributed by atoms with Crippen LogP contribution in [0.25, 0.3) is 0 Å². The SMILES string of the molecule is CCOC(=O)C(CC(C)I)c1ccccc1. The molecule has 0 aromatic heterocycles. The molecule has 0 heterocycles. The van der Waals surface area contributed by atoms with Crippen molar-refractivity contribution in [2.75, 3.05) is 6.61 Å². The summed E-state index contributed by atoms with van der Waals surface area (Å²) in [5.41, 5.74) is 1.05. The topological polar surface area (TPSA) is 26.3 Å². The van der Waals surface area contributed by atoms with Gasteiger partial charge in [-0.2, -0.15) is 0 Å². The number of hydrogen-bond donors (Lipinski definition) is 0. The van der Waals surface area contributed by atoms with Gasteiger partial charge in [0.1, 0.15) is 0 Å². The second kappa shape index (κ2) is 6.89. The quantitative estimate of drug-likeness (QED) is 0.468. The van der Waals surface area contributed by atoms with Crippen LogP contribution < -0.4 is 0 Å². The largest absolute Gasteiger partial charge is 0.466 e. The molecule has 1 rings (SSSR count). The van der Waals surface area contributed by atoms with E-state index in [4.69, 9.17) is 4.74 Å². The smallest absolute Gasteiger partial charge is 0.313 e. The monoisotopic (exact) mass is 332 g/mol. The first-order valence-electron chi connectivity index (χ1n) is 5.50. The van der Waals surface area contributed by atoms with Gasteiger partial charge in [0.25, 0.3) is 0 Å². The van der Waals surface area contributed by atoms with Crippen molar-refractivity contribution in [2.24, 2.45) is 0 Å². The standard InChI is InChI=1S/C13H17IO2/c1-3-16-13(15)12(9-10(2)14)11-7-5-4-6-8-11/h4-8,10,12H,3,9H2,1-2H3. The fourth-order valence-corrected chi connectivity index (χ4v) is 2.13.